The largest absolute Gasteiger partial charge is 0.344 e. The third-order valence-corrected chi connectivity index (χ3v) is 2.44. The van der Waals surface area contributed by atoms with E-state index in [0.29, 0.717) is 11.4 Å². The van der Waals surface area contributed by atoms with Gasteiger partial charge in [0.1, 0.15) is 12.0 Å². The second kappa shape index (κ2) is 3.34. The maximum Gasteiger partial charge on any atom is 0.256 e. The first-order valence-electron chi connectivity index (χ1n) is 4.86. The Bertz CT molecular complexity index is 522. The van der Waals surface area contributed by atoms with E-state index in [9.17, 15) is 4.79 Å². The fourth-order valence-electron chi connectivity index (χ4n) is 1.67. The number of amides is 1. The van der Waals surface area contributed by atoms with E-state index >= 15 is 0 Å². The molecule has 80 valence electrons. The molecule has 0 aliphatic carbocycles. The van der Waals surface area contributed by atoms with Crippen LogP contribution in [-0.2, 0) is 0 Å². The third-order valence-electron chi connectivity index (χ3n) is 2.44. The molecule has 0 unspecified atom stereocenters. The molecule has 0 bridgehead atoms. The lowest BCUT2D eigenvalue weighted by atomic mass is 10.1. The van der Waals surface area contributed by atoms with Crippen LogP contribution in [0.5, 0.6) is 0 Å². The third kappa shape index (κ3) is 1.31. The highest BCUT2D eigenvalue weighted by Gasteiger charge is 2.25. The lowest BCUT2D eigenvalue weighted by Gasteiger charge is -2.25. The average molecular weight is 215 g/mol. The van der Waals surface area contributed by atoms with E-state index in [2.05, 4.69) is 25.8 Å². The van der Waals surface area contributed by atoms with Gasteiger partial charge in [0.25, 0.3) is 5.91 Å². The fraction of sp³-hybridized carbons (Fsp3) is 0.100. The SMILES string of the molecule is O=C1N[C@@H](c2ccn[nH]2)Nc2ncccc21. The maximum atomic E-state index is 11.8. The molecule has 3 rings (SSSR count). The van der Waals surface area contributed by atoms with Crippen LogP contribution >= 0.6 is 0 Å². The first-order chi connectivity index (χ1) is 7.84. The zero-order valence-corrected chi connectivity index (χ0v) is 8.27. The van der Waals surface area contributed by atoms with Gasteiger partial charge in [-0.3, -0.25) is 9.89 Å². The predicted octanol–water partition coefficient (Wildman–Crippen LogP) is 0.659. The van der Waals surface area contributed by atoms with Crippen LogP contribution in [0.4, 0.5) is 5.82 Å². The van der Waals surface area contributed by atoms with E-state index in [-0.39, 0.29) is 12.1 Å². The second-order valence-corrected chi connectivity index (χ2v) is 3.46. The Hall–Kier alpha value is -2.37. The monoisotopic (exact) mass is 215 g/mol. The van der Waals surface area contributed by atoms with Crippen LogP contribution < -0.4 is 10.6 Å². The van der Waals surface area contributed by atoms with Gasteiger partial charge in [-0.25, -0.2) is 4.98 Å². The van der Waals surface area contributed by atoms with Gasteiger partial charge < -0.3 is 10.6 Å². The van der Waals surface area contributed by atoms with Crippen LogP contribution in [0.2, 0.25) is 0 Å². The van der Waals surface area contributed by atoms with Gasteiger partial charge in [0.05, 0.1) is 11.3 Å². The minimum atomic E-state index is -0.308. The molecule has 0 spiro atoms. The van der Waals surface area contributed by atoms with Crippen molar-refractivity contribution in [3.8, 4) is 0 Å². The quantitative estimate of drug-likeness (QED) is 0.652. The maximum absolute atomic E-state index is 11.8. The summed E-state index contributed by atoms with van der Waals surface area (Å²) in [5.74, 6) is 0.451. The number of nitrogens with one attached hydrogen (secondary N) is 3. The number of fused-ring (bicyclic) bond motifs is 1. The van der Waals surface area contributed by atoms with Gasteiger partial charge >= 0.3 is 0 Å². The first kappa shape index (κ1) is 8.90. The van der Waals surface area contributed by atoms with Gasteiger partial charge in [-0.2, -0.15) is 5.10 Å². The van der Waals surface area contributed by atoms with Crippen LogP contribution in [0.1, 0.15) is 22.2 Å². The Kier molecular flexibility index (Phi) is 1.86. The molecule has 0 saturated heterocycles. The molecule has 0 saturated carbocycles. The molecule has 3 heterocycles. The molecule has 1 atom stereocenters. The number of carbonyl (C=O) groups excluding carboxylic acids is 1. The normalized spacial score (nSPS) is 18.5. The van der Waals surface area contributed by atoms with Crippen molar-refractivity contribution in [2.24, 2.45) is 0 Å². The summed E-state index contributed by atoms with van der Waals surface area (Å²) in [5.41, 5.74) is 1.35. The van der Waals surface area contributed by atoms with Gasteiger partial charge in [-0.15, -0.1) is 0 Å². The summed E-state index contributed by atoms with van der Waals surface area (Å²) in [6.07, 6.45) is 2.98. The Morgan fingerprint density at radius 2 is 2.12 bits per heavy atom. The van der Waals surface area contributed by atoms with E-state index in [1.165, 1.54) is 0 Å². The molecule has 1 aliphatic heterocycles. The minimum absolute atomic E-state index is 0.138. The summed E-state index contributed by atoms with van der Waals surface area (Å²) in [5, 5.41) is 12.6. The second-order valence-electron chi connectivity index (χ2n) is 3.46. The number of rotatable bonds is 1. The molecule has 2 aromatic heterocycles. The van der Waals surface area contributed by atoms with Gasteiger partial charge in [0.2, 0.25) is 0 Å². The lowest BCUT2D eigenvalue weighted by molar-refractivity contribution is 0.0934. The molecule has 6 heteroatoms. The lowest BCUT2D eigenvalue weighted by Crippen LogP contribution is -2.39. The number of anilines is 1. The molecular formula is C10H9N5O. The number of aromatic nitrogens is 3. The highest BCUT2D eigenvalue weighted by molar-refractivity contribution is 6.00. The smallest absolute Gasteiger partial charge is 0.256 e. The number of hydrogen-bond donors (Lipinski definition) is 3. The number of nitrogens with zero attached hydrogens (tertiary/aromatic N) is 2. The highest BCUT2D eigenvalue weighted by atomic mass is 16.2. The number of H-pyrrole nitrogens is 1. The minimum Gasteiger partial charge on any atom is -0.344 e. The standard InChI is InChI=1S/C10H9N5O/c16-10-6-2-1-4-11-8(6)13-9(14-10)7-3-5-12-15-7/h1-5,9H,(H,11,13)(H,12,15)(H,14,16)/t9-/m0/s1. The van der Waals surface area contributed by atoms with Crippen molar-refractivity contribution in [1.29, 1.82) is 0 Å². The summed E-state index contributed by atoms with van der Waals surface area (Å²) >= 11 is 0. The van der Waals surface area contributed by atoms with Crippen molar-refractivity contribution >= 4 is 11.7 Å². The van der Waals surface area contributed by atoms with E-state index in [1.807, 2.05) is 0 Å². The van der Waals surface area contributed by atoms with Crippen LogP contribution in [0.15, 0.2) is 30.6 Å². The molecule has 0 fully saturated rings. The Morgan fingerprint density at radius 3 is 2.94 bits per heavy atom. The molecule has 0 aromatic carbocycles. The van der Waals surface area contributed by atoms with E-state index in [4.69, 9.17) is 0 Å². The van der Waals surface area contributed by atoms with Gasteiger partial charge in [0.15, 0.2) is 0 Å². The van der Waals surface area contributed by atoms with Crippen LogP contribution in [0.25, 0.3) is 0 Å². The van der Waals surface area contributed by atoms with Crippen molar-refractivity contribution in [3.63, 3.8) is 0 Å². The number of carbonyl (C=O) groups is 1. The van der Waals surface area contributed by atoms with Crippen LogP contribution in [-0.4, -0.2) is 21.1 Å². The summed E-state index contributed by atoms with van der Waals surface area (Å²) in [6.45, 7) is 0. The zero-order valence-electron chi connectivity index (χ0n) is 8.27. The van der Waals surface area contributed by atoms with Crippen molar-refractivity contribution < 1.29 is 4.79 Å². The summed E-state index contributed by atoms with van der Waals surface area (Å²) in [6, 6.07) is 5.26. The molecule has 2 aromatic rings. The molecular weight excluding hydrogens is 206 g/mol. The molecule has 3 N–H and O–H groups in total. The van der Waals surface area contributed by atoms with Gasteiger partial charge in [0, 0.05) is 12.4 Å². The van der Waals surface area contributed by atoms with Crippen LogP contribution in [0, 0.1) is 0 Å². The number of aromatic amines is 1. The Labute approximate surface area is 91.1 Å². The van der Waals surface area contributed by atoms with Crippen LogP contribution in [0.3, 0.4) is 0 Å². The molecule has 0 radical (unpaired) electrons. The molecule has 16 heavy (non-hydrogen) atoms. The summed E-state index contributed by atoms with van der Waals surface area (Å²) in [7, 11) is 0. The Morgan fingerprint density at radius 1 is 1.19 bits per heavy atom. The molecule has 1 amide bonds. The summed E-state index contributed by atoms with van der Waals surface area (Å²) in [4.78, 5) is 15.9. The van der Waals surface area contributed by atoms with Crippen molar-refractivity contribution in [3.05, 3.63) is 41.9 Å². The predicted molar refractivity (Wildman–Crippen MR) is 56.7 cm³/mol. The average Bonchev–Trinajstić information content (AvgIpc) is 2.82. The Balaban J connectivity index is 1.98. The number of pyridine rings is 1. The molecule has 1 aliphatic rings. The highest BCUT2D eigenvalue weighted by Crippen LogP contribution is 2.22. The van der Waals surface area contributed by atoms with Crippen molar-refractivity contribution in [2.45, 2.75) is 6.17 Å². The molecule has 6 nitrogen and oxygen atoms in total. The zero-order chi connectivity index (χ0) is 11.0. The van der Waals surface area contributed by atoms with Gasteiger partial charge in [-0.05, 0) is 18.2 Å². The fourth-order valence-corrected chi connectivity index (χ4v) is 1.67. The van der Waals surface area contributed by atoms with Crippen molar-refractivity contribution in [1.82, 2.24) is 20.5 Å². The first-order valence-corrected chi connectivity index (χ1v) is 4.86. The topological polar surface area (TPSA) is 82.7 Å². The van der Waals surface area contributed by atoms with E-state index < -0.39 is 0 Å². The van der Waals surface area contributed by atoms with E-state index in [0.717, 1.165) is 5.69 Å². The number of hydrogen-bond acceptors (Lipinski definition) is 4. The van der Waals surface area contributed by atoms with Crippen molar-refractivity contribution in [2.75, 3.05) is 5.32 Å². The van der Waals surface area contributed by atoms with E-state index in [1.54, 1.807) is 30.6 Å². The van der Waals surface area contributed by atoms with Gasteiger partial charge in [-0.1, -0.05) is 0 Å². The summed E-state index contributed by atoms with van der Waals surface area (Å²) < 4.78 is 0.